The second-order valence-corrected chi connectivity index (χ2v) is 3.23. The summed E-state index contributed by atoms with van der Waals surface area (Å²) in [5.74, 6) is -0.191. The van der Waals surface area contributed by atoms with Crippen molar-refractivity contribution in [3.8, 4) is 0 Å². The number of aliphatic hydroxyl groups is 1. The number of benzene rings is 1. The number of carbonyl (C=O) groups excluding carboxylic acids is 1. The van der Waals surface area contributed by atoms with Crippen LogP contribution in [0.5, 0.6) is 0 Å². The quantitative estimate of drug-likeness (QED) is 0.649. The highest BCUT2D eigenvalue weighted by molar-refractivity contribution is 5.96. The zero-order valence-electron chi connectivity index (χ0n) is 7.16. The number of hydrogen-bond acceptors (Lipinski definition) is 2. The predicted molar refractivity (Wildman–Crippen MR) is 49.2 cm³/mol. The molecule has 0 unspecified atom stereocenters. The fourth-order valence-electron chi connectivity index (χ4n) is 1.73. The molecular weight excluding hydrogens is 164 g/mol. The molecule has 2 rings (SSSR count). The molecule has 0 amide bonds. The van der Waals surface area contributed by atoms with E-state index in [4.69, 9.17) is 0 Å². The molecule has 2 heteroatoms. The first-order chi connectivity index (χ1) is 6.18. The normalized spacial score (nSPS) is 25.8. The molecule has 1 atom stereocenters. The van der Waals surface area contributed by atoms with E-state index in [-0.39, 0.29) is 5.78 Å². The summed E-state index contributed by atoms with van der Waals surface area (Å²) >= 11 is 0. The van der Waals surface area contributed by atoms with Crippen molar-refractivity contribution >= 4 is 5.78 Å². The Kier molecular flexibility index (Phi) is 1.60. The van der Waals surface area contributed by atoms with E-state index < -0.39 is 5.60 Å². The Bertz CT molecular complexity index is 381. The van der Waals surface area contributed by atoms with Gasteiger partial charge in [-0.3, -0.25) is 4.79 Å². The molecule has 1 aromatic carbocycles. The first kappa shape index (κ1) is 8.20. The molecule has 0 saturated carbocycles. The summed E-state index contributed by atoms with van der Waals surface area (Å²) in [7, 11) is 0. The molecule has 0 aliphatic heterocycles. The van der Waals surface area contributed by atoms with Crippen molar-refractivity contribution < 1.29 is 9.90 Å². The van der Waals surface area contributed by atoms with Gasteiger partial charge < -0.3 is 5.11 Å². The molecule has 0 heterocycles. The topological polar surface area (TPSA) is 37.3 Å². The minimum absolute atomic E-state index is 0.191. The Morgan fingerprint density at radius 1 is 1.46 bits per heavy atom. The van der Waals surface area contributed by atoms with Gasteiger partial charge in [0.2, 0.25) is 0 Å². The van der Waals surface area contributed by atoms with Crippen LogP contribution >= 0.6 is 0 Å². The van der Waals surface area contributed by atoms with Crippen molar-refractivity contribution in [3.05, 3.63) is 48.0 Å². The summed E-state index contributed by atoms with van der Waals surface area (Å²) in [5.41, 5.74) is 0.126. The molecule has 0 fully saturated rings. The summed E-state index contributed by atoms with van der Waals surface area (Å²) in [5, 5.41) is 9.95. The van der Waals surface area contributed by atoms with E-state index in [0.717, 1.165) is 5.56 Å². The second kappa shape index (κ2) is 2.54. The molecule has 2 nitrogen and oxygen atoms in total. The lowest BCUT2D eigenvalue weighted by molar-refractivity contribution is -0.131. The van der Waals surface area contributed by atoms with Crippen LogP contribution in [0.25, 0.3) is 0 Å². The Hall–Kier alpha value is -1.41. The lowest BCUT2D eigenvalue weighted by Gasteiger charge is -2.16. The van der Waals surface area contributed by atoms with Crippen LogP contribution in [0.3, 0.4) is 0 Å². The van der Waals surface area contributed by atoms with Gasteiger partial charge in [-0.05, 0) is 17.2 Å². The lowest BCUT2D eigenvalue weighted by Crippen LogP contribution is -2.28. The molecule has 0 bridgehead atoms. The minimum Gasteiger partial charge on any atom is -0.374 e. The number of rotatable bonds is 1. The summed E-state index contributed by atoms with van der Waals surface area (Å²) in [6, 6.07) is 7.30. The third kappa shape index (κ3) is 0.956. The fourth-order valence-corrected chi connectivity index (χ4v) is 1.73. The van der Waals surface area contributed by atoms with E-state index in [1.165, 1.54) is 6.08 Å². The van der Waals surface area contributed by atoms with Crippen LogP contribution in [0, 0.1) is 0 Å². The van der Waals surface area contributed by atoms with Crippen LogP contribution in [0.2, 0.25) is 0 Å². The Morgan fingerprint density at radius 2 is 2.15 bits per heavy atom. The van der Waals surface area contributed by atoms with Crippen molar-refractivity contribution in [1.29, 1.82) is 0 Å². The van der Waals surface area contributed by atoms with E-state index >= 15 is 0 Å². The maximum Gasteiger partial charge on any atom is 0.177 e. The molecule has 0 radical (unpaired) electrons. The average molecular weight is 174 g/mol. The number of carbonyl (C=O) groups is 1. The van der Waals surface area contributed by atoms with Crippen LogP contribution in [0.4, 0.5) is 0 Å². The van der Waals surface area contributed by atoms with Gasteiger partial charge in [-0.1, -0.05) is 30.8 Å². The molecule has 13 heavy (non-hydrogen) atoms. The van der Waals surface area contributed by atoms with Crippen molar-refractivity contribution in [2.45, 2.75) is 12.0 Å². The zero-order valence-corrected chi connectivity index (χ0v) is 7.16. The Morgan fingerprint density at radius 3 is 2.85 bits per heavy atom. The van der Waals surface area contributed by atoms with Gasteiger partial charge in [0.05, 0.1) is 0 Å². The third-order valence-electron chi connectivity index (χ3n) is 2.50. The van der Waals surface area contributed by atoms with Crippen molar-refractivity contribution in [1.82, 2.24) is 0 Å². The van der Waals surface area contributed by atoms with Gasteiger partial charge in [0, 0.05) is 6.42 Å². The number of fused-ring (bicyclic) bond motifs is 1. The number of Topliss-reactive ketones (excluding diaryl/α,β-unsaturated/α-hetero) is 1. The molecule has 1 aliphatic carbocycles. The Balaban J connectivity index is 2.65. The second-order valence-electron chi connectivity index (χ2n) is 3.23. The van der Waals surface area contributed by atoms with Gasteiger partial charge in [-0.25, -0.2) is 0 Å². The summed E-state index contributed by atoms with van der Waals surface area (Å²) in [6.45, 7) is 3.49. The summed E-state index contributed by atoms with van der Waals surface area (Å²) in [4.78, 5) is 11.5. The van der Waals surface area contributed by atoms with Crippen molar-refractivity contribution in [2.24, 2.45) is 0 Å². The first-order valence-electron chi connectivity index (χ1n) is 4.16. The maximum absolute atomic E-state index is 11.5. The van der Waals surface area contributed by atoms with Crippen LogP contribution in [-0.2, 0) is 16.8 Å². The van der Waals surface area contributed by atoms with Gasteiger partial charge in [0.1, 0.15) is 0 Å². The Labute approximate surface area is 76.5 Å². The molecular formula is C11H10O2. The molecule has 0 spiro atoms. The maximum atomic E-state index is 11.5. The fraction of sp³-hybridized carbons (Fsp3) is 0.182. The molecule has 1 aliphatic rings. The van der Waals surface area contributed by atoms with E-state index in [1.807, 2.05) is 18.2 Å². The zero-order chi connectivity index (χ0) is 9.47. The van der Waals surface area contributed by atoms with Crippen LogP contribution < -0.4 is 0 Å². The van der Waals surface area contributed by atoms with E-state index in [0.29, 0.717) is 12.0 Å². The minimum atomic E-state index is -1.45. The molecule has 0 aromatic heterocycles. The highest BCUT2D eigenvalue weighted by Crippen LogP contribution is 2.34. The highest BCUT2D eigenvalue weighted by Gasteiger charge is 2.41. The van der Waals surface area contributed by atoms with E-state index in [1.54, 1.807) is 6.07 Å². The highest BCUT2D eigenvalue weighted by atomic mass is 16.3. The third-order valence-corrected chi connectivity index (χ3v) is 2.50. The van der Waals surface area contributed by atoms with Gasteiger partial charge in [0.25, 0.3) is 0 Å². The predicted octanol–water partition coefficient (Wildman–Crippen LogP) is 1.19. The van der Waals surface area contributed by atoms with Gasteiger partial charge >= 0.3 is 0 Å². The summed E-state index contributed by atoms with van der Waals surface area (Å²) in [6.07, 6.45) is 1.61. The van der Waals surface area contributed by atoms with Crippen LogP contribution in [0.1, 0.15) is 11.1 Å². The van der Waals surface area contributed by atoms with Crippen LogP contribution in [-0.4, -0.2) is 10.9 Å². The molecule has 0 saturated heterocycles. The van der Waals surface area contributed by atoms with E-state index in [2.05, 4.69) is 6.58 Å². The SMILES string of the molecule is C=C[C@@]1(O)C(=O)Cc2ccccc21. The van der Waals surface area contributed by atoms with E-state index in [9.17, 15) is 9.90 Å². The lowest BCUT2D eigenvalue weighted by atomic mass is 9.96. The number of ketones is 1. The summed E-state index contributed by atoms with van der Waals surface area (Å²) < 4.78 is 0. The standard InChI is InChI=1S/C11H10O2/c1-2-11(13)9-6-4-3-5-8(9)7-10(11)12/h2-6,13H,1,7H2/t11-/m0/s1. The largest absolute Gasteiger partial charge is 0.374 e. The first-order valence-corrected chi connectivity index (χ1v) is 4.16. The molecule has 66 valence electrons. The number of hydrogen-bond donors (Lipinski definition) is 1. The molecule has 1 N–H and O–H groups in total. The molecule has 1 aromatic rings. The van der Waals surface area contributed by atoms with Crippen molar-refractivity contribution in [3.63, 3.8) is 0 Å². The average Bonchev–Trinajstić information content (AvgIpc) is 2.41. The monoisotopic (exact) mass is 174 g/mol. The smallest absolute Gasteiger partial charge is 0.177 e. The van der Waals surface area contributed by atoms with Gasteiger partial charge in [-0.2, -0.15) is 0 Å². The van der Waals surface area contributed by atoms with Crippen molar-refractivity contribution in [2.75, 3.05) is 0 Å². The van der Waals surface area contributed by atoms with Gasteiger partial charge in [-0.15, -0.1) is 0 Å². The van der Waals surface area contributed by atoms with Gasteiger partial charge in [0.15, 0.2) is 11.4 Å². The van der Waals surface area contributed by atoms with Crippen LogP contribution in [0.15, 0.2) is 36.9 Å².